The van der Waals surface area contributed by atoms with Crippen molar-refractivity contribution in [2.24, 2.45) is 7.05 Å². The average Bonchev–Trinajstić information content (AvgIpc) is 2.62. The Morgan fingerprint density at radius 2 is 2.00 bits per heavy atom. The zero-order valence-electron chi connectivity index (χ0n) is 11.3. The number of hydrogen-bond donors (Lipinski definition) is 0. The smallest absolute Gasteiger partial charge is 0.416 e. The predicted molar refractivity (Wildman–Crippen MR) is 68.6 cm³/mol. The number of fused-ring (bicyclic) bond motifs is 1. The Kier molecular flexibility index (Phi) is 3.50. The van der Waals surface area contributed by atoms with Gasteiger partial charge in [0.05, 0.1) is 16.8 Å². The number of aryl methyl sites for hydroxylation is 1. The van der Waals surface area contributed by atoms with E-state index < -0.39 is 17.7 Å². The molecule has 0 bridgehead atoms. The fourth-order valence-corrected chi connectivity index (χ4v) is 2.03. The van der Waals surface area contributed by atoms with Crippen molar-refractivity contribution >= 4 is 16.9 Å². The van der Waals surface area contributed by atoms with Crippen LogP contribution in [-0.4, -0.2) is 10.5 Å². The Morgan fingerprint density at radius 3 is 2.55 bits per heavy atom. The van der Waals surface area contributed by atoms with Crippen LogP contribution in [0.2, 0.25) is 0 Å². The highest BCUT2D eigenvalue weighted by atomic mass is 19.4. The van der Waals surface area contributed by atoms with Gasteiger partial charge < -0.3 is 9.30 Å². The van der Waals surface area contributed by atoms with Crippen molar-refractivity contribution in [3.63, 3.8) is 0 Å². The van der Waals surface area contributed by atoms with Crippen LogP contribution in [0, 0.1) is 6.92 Å². The highest BCUT2D eigenvalue weighted by Crippen LogP contribution is 2.37. The first-order valence-corrected chi connectivity index (χ1v) is 6.12. The topological polar surface area (TPSA) is 31.2 Å². The molecule has 2 aromatic rings. The van der Waals surface area contributed by atoms with Crippen LogP contribution in [0.15, 0.2) is 18.2 Å². The summed E-state index contributed by atoms with van der Waals surface area (Å²) in [6, 6.07) is 3.42. The molecular formula is C14H14F3NO2. The second kappa shape index (κ2) is 4.85. The number of aromatic nitrogens is 1. The van der Waals surface area contributed by atoms with Gasteiger partial charge in [-0.25, -0.2) is 0 Å². The summed E-state index contributed by atoms with van der Waals surface area (Å²) in [5, 5.41) is 0.293. The zero-order valence-corrected chi connectivity index (χ0v) is 11.3. The van der Waals surface area contributed by atoms with Crippen molar-refractivity contribution in [1.29, 1.82) is 0 Å². The van der Waals surface area contributed by atoms with Crippen LogP contribution < -0.4 is 4.74 Å². The molecule has 1 aromatic carbocycles. The van der Waals surface area contributed by atoms with E-state index >= 15 is 0 Å². The van der Waals surface area contributed by atoms with Gasteiger partial charge in [0, 0.05) is 18.9 Å². The Bertz CT molecular complexity index is 671. The van der Waals surface area contributed by atoms with E-state index in [-0.39, 0.29) is 12.2 Å². The minimum absolute atomic E-state index is 0.161. The van der Waals surface area contributed by atoms with Crippen LogP contribution in [0.1, 0.15) is 24.6 Å². The highest BCUT2D eigenvalue weighted by molar-refractivity contribution is 5.91. The molecule has 0 aliphatic rings. The second-order valence-electron chi connectivity index (χ2n) is 4.53. The number of halogens is 3. The van der Waals surface area contributed by atoms with E-state index in [1.807, 2.05) is 0 Å². The Balaban J connectivity index is 2.66. The van der Waals surface area contributed by atoms with Gasteiger partial charge >= 0.3 is 12.1 Å². The third-order valence-corrected chi connectivity index (χ3v) is 3.27. The second-order valence-corrected chi connectivity index (χ2v) is 4.53. The van der Waals surface area contributed by atoms with Crippen LogP contribution in [0.25, 0.3) is 10.9 Å². The third kappa shape index (κ3) is 2.37. The number of esters is 1. The van der Waals surface area contributed by atoms with E-state index in [2.05, 4.69) is 0 Å². The maximum Gasteiger partial charge on any atom is 0.416 e. The molecule has 0 aliphatic carbocycles. The third-order valence-electron chi connectivity index (χ3n) is 3.27. The molecular weight excluding hydrogens is 271 g/mol. The van der Waals surface area contributed by atoms with Crippen LogP contribution in [0.5, 0.6) is 5.75 Å². The summed E-state index contributed by atoms with van der Waals surface area (Å²) in [6.07, 6.45) is -4.27. The number of alkyl halides is 3. The summed E-state index contributed by atoms with van der Waals surface area (Å²) in [6.45, 7) is 3.33. The molecule has 3 nitrogen and oxygen atoms in total. The van der Waals surface area contributed by atoms with Crippen LogP contribution in [0.4, 0.5) is 13.2 Å². The van der Waals surface area contributed by atoms with Gasteiger partial charge in [-0.3, -0.25) is 4.79 Å². The normalized spacial score (nSPS) is 11.9. The van der Waals surface area contributed by atoms with Crippen molar-refractivity contribution in [2.45, 2.75) is 26.4 Å². The fraction of sp³-hybridized carbons (Fsp3) is 0.357. The van der Waals surface area contributed by atoms with Gasteiger partial charge in [-0.05, 0) is 25.1 Å². The Hall–Kier alpha value is -1.98. The lowest BCUT2D eigenvalue weighted by Crippen LogP contribution is -2.07. The molecule has 20 heavy (non-hydrogen) atoms. The molecule has 0 saturated carbocycles. The average molecular weight is 285 g/mol. The Labute approximate surface area is 113 Å². The Morgan fingerprint density at radius 1 is 1.35 bits per heavy atom. The van der Waals surface area contributed by atoms with Crippen molar-refractivity contribution in [3.05, 3.63) is 29.5 Å². The molecule has 0 radical (unpaired) electrons. The zero-order chi connectivity index (χ0) is 15.1. The first-order chi connectivity index (χ1) is 9.25. The standard InChI is InChI=1S/C14H14F3NO2/c1-4-12(19)20-13-8(2)18(3)11-6-5-9(7-10(11)13)14(15,16)17/h5-7H,4H2,1-3H3. The monoisotopic (exact) mass is 285 g/mol. The fourth-order valence-electron chi connectivity index (χ4n) is 2.03. The lowest BCUT2D eigenvalue weighted by atomic mass is 10.1. The van der Waals surface area contributed by atoms with E-state index in [0.29, 0.717) is 16.6 Å². The molecule has 0 spiro atoms. The van der Waals surface area contributed by atoms with Gasteiger partial charge in [-0.15, -0.1) is 0 Å². The number of rotatable bonds is 2. The summed E-state index contributed by atoms with van der Waals surface area (Å²) in [5.41, 5.74) is 0.444. The van der Waals surface area contributed by atoms with Gasteiger partial charge in [-0.2, -0.15) is 13.2 Å². The summed E-state index contributed by atoms with van der Waals surface area (Å²) in [5.74, 6) is -0.279. The number of nitrogens with zero attached hydrogens (tertiary/aromatic N) is 1. The van der Waals surface area contributed by atoms with Gasteiger partial charge in [0.15, 0.2) is 5.75 Å². The number of benzene rings is 1. The molecule has 6 heteroatoms. The molecule has 0 saturated heterocycles. The maximum atomic E-state index is 12.8. The lowest BCUT2D eigenvalue weighted by Gasteiger charge is -2.07. The minimum Gasteiger partial charge on any atom is -0.424 e. The molecule has 0 amide bonds. The quantitative estimate of drug-likeness (QED) is 0.785. The highest BCUT2D eigenvalue weighted by Gasteiger charge is 2.31. The maximum absolute atomic E-state index is 12.8. The molecule has 1 aromatic heterocycles. The SMILES string of the molecule is CCC(=O)Oc1c(C)n(C)c2ccc(C(F)(F)F)cc12. The lowest BCUT2D eigenvalue weighted by molar-refractivity contribution is -0.137. The minimum atomic E-state index is -4.43. The van der Waals surface area contributed by atoms with Crippen LogP contribution in [-0.2, 0) is 18.0 Å². The largest absolute Gasteiger partial charge is 0.424 e. The van der Waals surface area contributed by atoms with Gasteiger partial charge in [0.25, 0.3) is 0 Å². The summed E-state index contributed by atoms with van der Waals surface area (Å²) < 4.78 is 45.2. The number of carbonyl (C=O) groups excluding carboxylic acids is 1. The molecule has 0 unspecified atom stereocenters. The van der Waals surface area contributed by atoms with E-state index in [0.717, 1.165) is 12.1 Å². The van der Waals surface area contributed by atoms with Crippen molar-refractivity contribution < 1.29 is 22.7 Å². The van der Waals surface area contributed by atoms with Crippen molar-refractivity contribution in [3.8, 4) is 5.75 Å². The van der Waals surface area contributed by atoms with E-state index in [4.69, 9.17) is 4.74 Å². The van der Waals surface area contributed by atoms with Crippen molar-refractivity contribution in [2.75, 3.05) is 0 Å². The summed E-state index contributed by atoms with van der Waals surface area (Å²) in [4.78, 5) is 11.4. The molecule has 108 valence electrons. The van der Waals surface area contributed by atoms with Gasteiger partial charge in [0.1, 0.15) is 0 Å². The molecule has 1 heterocycles. The van der Waals surface area contributed by atoms with Gasteiger partial charge in [-0.1, -0.05) is 6.92 Å². The van der Waals surface area contributed by atoms with Crippen LogP contribution >= 0.6 is 0 Å². The summed E-state index contributed by atoms with van der Waals surface area (Å²) >= 11 is 0. The number of hydrogen-bond acceptors (Lipinski definition) is 2. The van der Waals surface area contributed by atoms with Crippen molar-refractivity contribution in [1.82, 2.24) is 4.57 Å². The first kappa shape index (κ1) is 14.4. The van der Waals surface area contributed by atoms with E-state index in [9.17, 15) is 18.0 Å². The summed E-state index contributed by atoms with van der Waals surface area (Å²) in [7, 11) is 1.72. The van der Waals surface area contributed by atoms with Crippen LogP contribution in [0.3, 0.4) is 0 Å². The van der Waals surface area contributed by atoms with Gasteiger partial charge in [0.2, 0.25) is 0 Å². The molecule has 0 N–H and O–H groups in total. The number of ether oxygens (including phenoxy) is 1. The first-order valence-electron chi connectivity index (χ1n) is 6.12. The molecule has 0 aliphatic heterocycles. The van der Waals surface area contributed by atoms with E-state index in [1.165, 1.54) is 6.07 Å². The molecule has 0 fully saturated rings. The predicted octanol–water partition coefficient (Wildman–Crippen LogP) is 3.82. The molecule has 0 atom stereocenters. The molecule has 2 rings (SSSR count). The number of carbonyl (C=O) groups is 1. The van der Waals surface area contributed by atoms with E-state index in [1.54, 1.807) is 25.5 Å².